The monoisotopic (exact) mass is 484 g/mol. The number of rotatable bonds is 14. The van der Waals surface area contributed by atoms with E-state index in [1.54, 1.807) is 0 Å². The molecular weight excluding hydrogens is 452 g/mol. The summed E-state index contributed by atoms with van der Waals surface area (Å²) in [4.78, 5) is 22.1. The minimum Gasteiger partial charge on any atom is -0.490 e. The van der Waals surface area contributed by atoms with Gasteiger partial charge in [-0.3, -0.25) is 0 Å². The number of benzene rings is 2. The Morgan fingerprint density at radius 2 is 1.17 bits per heavy atom. The van der Waals surface area contributed by atoms with Crippen molar-refractivity contribution in [2.24, 2.45) is 0 Å². The highest BCUT2D eigenvalue weighted by atomic mass is 16.6. The highest BCUT2D eigenvalue weighted by Crippen LogP contribution is 2.24. The van der Waals surface area contributed by atoms with Crippen molar-refractivity contribution >= 4 is 11.9 Å². The summed E-state index contributed by atoms with van der Waals surface area (Å²) in [6.45, 7) is 10.1. The van der Waals surface area contributed by atoms with Crippen LogP contribution in [-0.2, 0) is 25.5 Å². The zero-order valence-corrected chi connectivity index (χ0v) is 20.1. The number of aliphatic hydroxyl groups is 2. The molecule has 8 nitrogen and oxygen atoms in total. The lowest BCUT2D eigenvalue weighted by Gasteiger charge is -2.15. The quantitative estimate of drug-likeness (QED) is 0.311. The van der Waals surface area contributed by atoms with Crippen molar-refractivity contribution in [1.82, 2.24) is 0 Å². The minimum absolute atomic E-state index is 0.00332. The second kappa shape index (κ2) is 13.9. The van der Waals surface area contributed by atoms with Gasteiger partial charge in [0, 0.05) is 12.2 Å². The third-order valence-electron chi connectivity index (χ3n) is 4.92. The average molecular weight is 485 g/mol. The molecule has 0 bridgehead atoms. The Bertz CT molecular complexity index is 948. The van der Waals surface area contributed by atoms with Gasteiger partial charge in [0.2, 0.25) is 0 Å². The first-order chi connectivity index (χ1) is 16.7. The summed E-state index contributed by atoms with van der Waals surface area (Å²) >= 11 is 0. The average Bonchev–Trinajstić information content (AvgIpc) is 2.84. The zero-order valence-electron chi connectivity index (χ0n) is 20.1. The van der Waals surface area contributed by atoms with Gasteiger partial charge in [-0.05, 0) is 54.7 Å². The number of esters is 2. The molecule has 2 atom stereocenters. The normalized spacial score (nSPS) is 12.2. The maximum Gasteiger partial charge on any atom is 0.330 e. The molecular formula is C27H32O8. The zero-order chi connectivity index (χ0) is 25.8. The maximum atomic E-state index is 11.1. The molecule has 2 aromatic carbocycles. The number of carbonyl (C=O) groups excluding carboxylic acids is 2. The van der Waals surface area contributed by atoms with Gasteiger partial charge in [-0.2, -0.15) is 0 Å². The van der Waals surface area contributed by atoms with Crippen molar-refractivity contribution in [3.8, 4) is 11.5 Å². The number of ether oxygens (including phenoxy) is 4. The van der Waals surface area contributed by atoms with Gasteiger partial charge < -0.3 is 29.2 Å². The molecule has 0 spiro atoms. The van der Waals surface area contributed by atoms with E-state index in [2.05, 4.69) is 13.2 Å². The van der Waals surface area contributed by atoms with Crippen LogP contribution in [0.25, 0.3) is 0 Å². The third-order valence-corrected chi connectivity index (χ3v) is 4.92. The third kappa shape index (κ3) is 9.64. The largest absolute Gasteiger partial charge is 0.490 e. The standard InChI is InChI=1S/C27H32O8/c1-5-26(30)34-16-22(28)14-32-24-9-7-20(11-18(24)3)13-21-8-10-25(19(4)12-21)33-15-23(29)17-35-27(31)6-2/h5-12,22-23,28-29H,1-2,13-17H2,3-4H3. The Hall–Kier alpha value is -3.62. The number of hydrogen-bond donors (Lipinski definition) is 2. The van der Waals surface area contributed by atoms with E-state index in [-0.39, 0.29) is 26.4 Å². The smallest absolute Gasteiger partial charge is 0.330 e. The van der Waals surface area contributed by atoms with Crippen molar-refractivity contribution in [3.05, 3.63) is 84.0 Å². The van der Waals surface area contributed by atoms with Crippen LogP contribution in [0.2, 0.25) is 0 Å². The fraction of sp³-hybridized carbons (Fsp3) is 0.333. The lowest BCUT2D eigenvalue weighted by atomic mass is 10.0. The topological polar surface area (TPSA) is 112 Å². The van der Waals surface area contributed by atoms with E-state index < -0.39 is 24.1 Å². The lowest BCUT2D eigenvalue weighted by molar-refractivity contribution is -0.142. The molecule has 0 radical (unpaired) electrons. The molecule has 0 aromatic heterocycles. The molecule has 0 fully saturated rings. The predicted molar refractivity (Wildman–Crippen MR) is 130 cm³/mol. The Labute approximate surface area is 205 Å². The van der Waals surface area contributed by atoms with Crippen molar-refractivity contribution in [1.29, 1.82) is 0 Å². The van der Waals surface area contributed by atoms with E-state index in [9.17, 15) is 19.8 Å². The van der Waals surface area contributed by atoms with Gasteiger partial charge in [0.15, 0.2) is 0 Å². The van der Waals surface area contributed by atoms with E-state index in [4.69, 9.17) is 18.9 Å². The van der Waals surface area contributed by atoms with Crippen LogP contribution in [0.4, 0.5) is 0 Å². The molecule has 35 heavy (non-hydrogen) atoms. The van der Waals surface area contributed by atoms with Crippen LogP contribution in [0.1, 0.15) is 22.3 Å². The van der Waals surface area contributed by atoms with Gasteiger partial charge >= 0.3 is 11.9 Å². The van der Waals surface area contributed by atoms with Crippen LogP contribution in [0.15, 0.2) is 61.7 Å². The predicted octanol–water partition coefficient (Wildman–Crippen LogP) is 2.83. The van der Waals surface area contributed by atoms with Gasteiger partial charge in [0.1, 0.15) is 50.1 Å². The minimum atomic E-state index is -0.940. The summed E-state index contributed by atoms with van der Waals surface area (Å²) in [7, 11) is 0. The van der Waals surface area contributed by atoms with Crippen LogP contribution in [-0.4, -0.2) is 60.8 Å². The second-order valence-electron chi connectivity index (χ2n) is 7.97. The SMILES string of the molecule is C=CC(=O)OCC(O)COc1ccc(Cc2ccc(OCC(O)COC(=O)C=C)c(C)c2)cc1C. The highest BCUT2D eigenvalue weighted by molar-refractivity contribution is 5.81. The number of aliphatic hydroxyl groups excluding tert-OH is 2. The van der Waals surface area contributed by atoms with Gasteiger partial charge in [0.25, 0.3) is 0 Å². The van der Waals surface area contributed by atoms with Crippen molar-refractivity contribution in [3.63, 3.8) is 0 Å². The Morgan fingerprint density at radius 1 is 0.771 bits per heavy atom. The van der Waals surface area contributed by atoms with E-state index in [0.717, 1.165) is 34.4 Å². The second-order valence-corrected chi connectivity index (χ2v) is 7.97. The first-order valence-electron chi connectivity index (χ1n) is 11.1. The molecule has 0 saturated carbocycles. The van der Waals surface area contributed by atoms with Gasteiger partial charge in [-0.15, -0.1) is 0 Å². The summed E-state index contributed by atoms with van der Waals surface area (Å²) in [5.74, 6) is 0.0901. The van der Waals surface area contributed by atoms with Crippen molar-refractivity contribution < 1.29 is 38.7 Å². The number of aryl methyl sites for hydroxylation is 2. The number of carbonyl (C=O) groups is 2. The molecule has 188 valence electrons. The molecule has 0 aliphatic heterocycles. The van der Waals surface area contributed by atoms with Crippen molar-refractivity contribution in [2.75, 3.05) is 26.4 Å². The van der Waals surface area contributed by atoms with Crippen LogP contribution >= 0.6 is 0 Å². The molecule has 2 aromatic rings. The van der Waals surface area contributed by atoms with Crippen LogP contribution in [0.5, 0.6) is 11.5 Å². The molecule has 0 aliphatic carbocycles. The molecule has 0 amide bonds. The summed E-state index contributed by atoms with van der Waals surface area (Å²) in [6, 6.07) is 11.6. The molecule has 0 aliphatic rings. The summed E-state index contributed by atoms with van der Waals surface area (Å²) in [6.07, 6.45) is 0.891. The van der Waals surface area contributed by atoms with Crippen LogP contribution in [0, 0.1) is 13.8 Å². The van der Waals surface area contributed by atoms with Gasteiger partial charge in [-0.25, -0.2) is 9.59 Å². The molecule has 0 heterocycles. The van der Waals surface area contributed by atoms with E-state index in [1.165, 1.54) is 0 Å². The maximum absolute atomic E-state index is 11.1. The van der Waals surface area contributed by atoms with Gasteiger partial charge in [-0.1, -0.05) is 37.4 Å². The van der Waals surface area contributed by atoms with Gasteiger partial charge in [0.05, 0.1) is 0 Å². The summed E-state index contributed by atoms with van der Waals surface area (Å²) in [5.41, 5.74) is 4.01. The van der Waals surface area contributed by atoms with E-state index in [1.807, 2.05) is 50.2 Å². The summed E-state index contributed by atoms with van der Waals surface area (Å²) < 4.78 is 20.9. The molecule has 0 saturated heterocycles. The first kappa shape index (κ1) is 27.6. The number of hydrogen-bond acceptors (Lipinski definition) is 8. The van der Waals surface area contributed by atoms with Crippen molar-refractivity contribution in [2.45, 2.75) is 32.5 Å². The van der Waals surface area contributed by atoms with E-state index >= 15 is 0 Å². The Morgan fingerprint density at radius 3 is 1.51 bits per heavy atom. The first-order valence-corrected chi connectivity index (χ1v) is 11.1. The Balaban J connectivity index is 1.87. The molecule has 2 rings (SSSR count). The van der Waals surface area contributed by atoms with E-state index in [0.29, 0.717) is 17.9 Å². The van der Waals surface area contributed by atoms with Crippen LogP contribution in [0.3, 0.4) is 0 Å². The molecule has 8 heteroatoms. The molecule has 2 N–H and O–H groups in total. The fourth-order valence-electron chi connectivity index (χ4n) is 3.15. The summed E-state index contributed by atoms with van der Waals surface area (Å²) in [5, 5.41) is 19.8. The molecule has 2 unspecified atom stereocenters. The highest BCUT2D eigenvalue weighted by Gasteiger charge is 2.11. The Kier molecular flexibility index (Phi) is 11.0. The lowest BCUT2D eigenvalue weighted by Crippen LogP contribution is -2.25. The fourth-order valence-corrected chi connectivity index (χ4v) is 3.15. The van der Waals surface area contributed by atoms with Crippen LogP contribution < -0.4 is 9.47 Å².